The molecule has 4 aliphatic rings. The molecule has 0 aromatic heterocycles. The molecule has 0 spiro atoms. The number of nitriles is 1. The molecule has 0 radical (unpaired) electrons. The fraction of sp³-hybridized carbons (Fsp3) is 0.893. The van der Waals surface area contributed by atoms with E-state index in [-0.39, 0.29) is 26.5 Å². The Balaban J connectivity index is 1.54. The van der Waals surface area contributed by atoms with Crippen LogP contribution < -0.4 is 0 Å². The molecular formula is C28H45NOSe. The zero-order valence-electron chi connectivity index (χ0n) is 20.6. The monoisotopic (exact) mass is 491 g/mol. The van der Waals surface area contributed by atoms with E-state index in [4.69, 9.17) is 0 Å². The summed E-state index contributed by atoms with van der Waals surface area (Å²) in [7, 11) is 0. The summed E-state index contributed by atoms with van der Waals surface area (Å²) in [6.07, 6.45) is 15.0. The van der Waals surface area contributed by atoms with Crippen molar-refractivity contribution in [1.29, 1.82) is 5.26 Å². The number of hydrogen-bond acceptors (Lipinski definition) is 2. The summed E-state index contributed by atoms with van der Waals surface area (Å²) in [6.45, 7) is 12.4. The summed E-state index contributed by atoms with van der Waals surface area (Å²) in [5.41, 5.74) is 2.19. The van der Waals surface area contributed by atoms with Gasteiger partial charge in [-0.2, -0.15) is 0 Å². The molecule has 1 unspecified atom stereocenters. The van der Waals surface area contributed by atoms with Gasteiger partial charge in [0, 0.05) is 0 Å². The molecule has 0 bridgehead atoms. The summed E-state index contributed by atoms with van der Waals surface area (Å²) in [6, 6.07) is 0. The molecule has 0 aromatic carbocycles. The summed E-state index contributed by atoms with van der Waals surface area (Å²) in [4.78, 5) is 2.93. The number of hydrogen-bond donors (Lipinski definition) is 1. The molecule has 0 saturated heterocycles. The van der Waals surface area contributed by atoms with Crippen LogP contribution in [0.1, 0.15) is 98.8 Å². The molecule has 0 heterocycles. The van der Waals surface area contributed by atoms with Gasteiger partial charge in [0.25, 0.3) is 0 Å². The van der Waals surface area contributed by atoms with Crippen LogP contribution in [0, 0.1) is 56.6 Å². The van der Waals surface area contributed by atoms with Crippen LogP contribution >= 0.6 is 0 Å². The van der Waals surface area contributed by atoms with E-state index in [2.05, 4.69) is 45.7 Å². The van der Waals surface area contributed by atoms with Gasteiger partial charge in [-0.25, -0.2) is 0 Å². The van der Waals surface area contributed by atoms with Crippen molar-refractivity contribution in [2.75, 3.05) is 0 Å². The van der Waals surface area contributed by atoms with Gasteiger partial charge in [0.15, 0.2) is 0 Å². The second-order valence-electron chi connectivity index (χ2n) is 12.4. The van der Waals surface area contributed by atoms with Crippen LogP contribution in [-0.2, 0) is 0 Å². The first-order chi connectivity index (χ1) is 14.7. The predicted octanol–water partition coefficient (Wildman–Crippen LogP) is 6.97. The van der Waals surface area contributed by atoms with Crippen LogP contribution in [0.5, 0.6) is 0 Å². The first kappa shape index (κ1) is 23.9. The Kier molecular flexibility index (Phi) is 7.05. The van der Waals surface area contributed by atoms with Gasteiger partial charge in [-0.15, -0.1) is 0 Å². The van der Waals surface area contributed by atoms with Crippen molar-refractivity contribution in [3.05, 3.63) is 11.6 Å². The summed E-state index contributed by atoms with van der Waals surface area (Å²) in [5.74, 6) is 4.98. The Labute approximate surface area is 197 Å². The zero-order valence-corrected chi connectivity index (χ0v) is 22.3. The van der Waals surface area contributed by atoms with E-state index in [1.165, 1.54) is 56.9 Å². The van der Waals surface area contributed by atoms with Gasteiger partial charge in [0.1, 0.15) is 0 Å². The molecule has 174 valence electrons. The quantitative estimate of drug-likeness (QED) is 0.323. The SMILES string of the molecule is CC(C)CCC[C@@H](C)[C@H]1CC[C@H]2[C@@H]3CC=C4C[C@H](O)CC([Se]C#N)[C@]4(C)[C@H]3CC[C@]12C. The van der Waals surface area contributed by atoms with Gasteiger partial charge >= 0.3 is 184 Å². The van der Waals surface area contributed by atoms with Gasteiger partial charge in [0.05, 0.1) is 0 Å². The Morgan fingerprint density at radius 2 is 1.94 bits per heavy atom. The van der Waals surface area contributed by atoms with Crippen molar-refractivity contribution >= 4 is 15.0 Å². The Morgan fingerprint density at radius 1 is 1.16 bits per heavy atom. The van der Waals surface area contributed by atoms with Gasteiger partial charge < -0.3 is 0 Å². The third-order valence-corrected chi connectivity index (χ3v) is 12.8. The number of rotatable bonds is 6. The van der Waals surface area contributed by atoms with E-state index in [0.717, 1.165) is 48.3 Å². The van der Waals surface area contributed by atoms with Crippen molar-refractivity contribution in [2.24, 2.45) is 46.3 Å². The summed E-state index contributed by atoms with van der Waals surface area (Å²) in [5, 5.41) is 20.1. The van der Waals surface area contributed by atoms with Crippen molar-refractivity contribution in [3.8, 4) is 4.97 Å². The molecule has 0 aliphatic heterocycles. The molecule has 2 nitrogen and oxygen atoms in total. The fourth-order valence-corrected chi connectivity index (χ4v) is 11.1. The average Bonchev–Trinajstić information content (AvgIpc) is 3.06. The molecule has 1 N–H and O–H groups in total. The molecule has 0 aromatic rings. The maximum atomic E-state index is 10.5. The van der Waals surface area contributed by atoms with Crippen LogP contribution in [0.25, 0.3) is 0 Å². The molecule has 0 amide bonds. The zero-order chi connectivity index (χ0) is 22.4. The molecule has 4 aliphatic carbocycles. The van der Waals surface area contributed by atoms with Crippen molar-refractivity contribution in [2.45, 2.75) is 110 Å². The second-order valence-corrected chi connectivity index (χ2v) is 14.5. The molecule has 3 heteroatoms. The van der Waals surface area contributed by atoms with Crippen LogP contribution in [0.15, 0.2) is 11.6 Å². The standard InChI is InChI=1S/C28H45NOSe/c1-18(2)7-6-8-19(3)23-11-12-24-22-10-9-20-15-21(30)16-26(31-17-29)28(20,5)25(22)13-14-27(23,24)4/h9,18-19,21-26,30H,6-8,10-16H2,1-5H3/t19-,21+,22+,23-,24+,25+,26?,27-,28+/m1/s1. The van der Waals surface area contributed by atoms with Gasteiger partial charge in [-0.1, -0.05) is 13.8 Å². The van der Waals surface area contributed by atoms with Gasteiger partial charge in [0.2, 0.25) is 0 Å². The average molecular weight is 491 g/mol. The van der Waals surface area contributed by atoms with E-state index < -0.39 is 0 Å². The second kappa shape index (κ2) is 9.16. The molecule has 3 saturated carbocycles. The van der Waals surface area contributed by atoms with Gasteiger partial charge in [-0.05, 0) is 0 Å². The van der Waals surface area contributed by atoms with E-state index in [1.54, 1.807) is 0 Å². The number of aliphatic hydroxyl groups is 1. The first-order valence-corrected chi connectivity index (χ1v) is 15.0. The maximum absolute atomic E-state index is 10.5. The first-order valence-electron chi connectivity index (χ1n) is 13.1. The van der Waals surface area contributed by atoms with Crippen LogP contribution in [-0.4, -0.2) is 26.2 Å². The van der Waals surface area contributed by atoms with Crippen LogP contribution in [0.3, 0.4) is 0 Å². The number of fused-ring (bicyclic) bond motifs is 5. The van der Waals surface area contributed by atoms with Crippen molar-refractivity contribution in [3.63, 3.8) is 0 Å². The minimum atomic E-state index is -0.229. The van der Waals surface area contributed by atoms with E-state index in [9.17, 15) is 10.4 Å². The minimum absolute atomic E-state index is 0.0268. The number of allylic oxidation sites excluding steroid dienone is 1. The Hall–Kier alpha value is -0.291. The third-order valence-electron chi connectivity index (χ3n) is 10.5. The predicted molar refractivity (Wildman–Crippen MR) is 130 cm³/mol. The van der Waals surface area contributed by atoms with Crippen LogP contribution in [0.2, 0.25) is 4.82 Å². The number of aliphatic hydroxyl groups excluding tert-OH is 1. The Bertz CT molecular complexity index is 725. The van der Waals surface area contributed by atoms with Crippen molar-refractivity contribution in [1.82, 2.24) is 0 Å². The molecule has 31 heavy (non-hydrogen) atoms. The van der Waals surface area contributed by atoms with E-state index >= 15 is 0 Å². The number of nitrogens with zero attached hydrogens (tertiary/aromatic N) is 1. The van der Waals surface area contributed by atoms with Crippen molar-refractivity contribution < 1.29 is 5.11 Å². The fourth-order valence-electron chi connectivity index (χ4n) is 8.93. The molecule has 9 atom stereocenters. The van der Waals surface area contributed by atoms with E-state index in [1.807, 2.05) is 0 Å². The summed E-state index contributed by atoms with van der Waals surface area (Å²) < 4.78 is 0. The normalized spacial score (nSPS) is 45.3. The van der Waals surface area contributed by atoms with Gasteiger partial charge in [-0.3, -0.25) is 0 Å². The third kappa shape index (κ3) is 4.09. The molecule has 3 fully saturated rings. The Morgan fingerprint density at radius 3 is 2.65 bits per heavy atom. The molecular weight excluding hydrogens is 445 g/mol. The molecule has 4 rings (SSSR count). The summed E-state index contributed by atoms with van der Waals surface area (Å²) >= 11 is -0.0268. The van der Waals surface area contributed by atoms with E-state index in [0.29, 0.717) is 10.2 Å². The topological polar surface area (TPSA) is 44.0 Å². The van der Waals surface area contributed by atoms with Crippen LogP contribution in [0.4, 0.5) is 0 Å².